The Bertz CT molecular complexity index is 518. The summed E-state index contributed by atoms with van der Waals surface area (Å²) in [5.41, 5.74) is 3.70. The Hall–Kier alpha value is -1.34. The summed E-state index contributed by atoms with van der Waals surface area (Å²) in [6, 6.07) is 10.1. The number of nitrogens with zero attached hydrogens (tertiary/aromatic N) is 1. The van der Waals surface area contributed by atoms with Gasteiger partial charge >= 0.3 is 0 Å². The number of hydrogen-bond donors (Lipinski definition) is 0. The molecule has 1 aromatic carbocycles. The number of aromatic nitrogens is 1. The predicted molar refractivity (Wildman–Crippen MR) is 66.7 cm³/mol. The van der Waals surface area contributed by atoms with E-state index in [0.29, 0.717) is 5.92 Å². The van der Waals surface area contributed by atoms with E-state index in [0.717, 1.165) is 10.6 Å². The average molecular weight is 230 g/mol. The van der Waals surface area contributed by atoms with Crippen molar-refractivity contribution in [2.24, 2.45) is 0 Å². The third-order valence-electron chi connectivity index (χ3n) is 3.03. The van der Waals surface area contributed by atoms with Crippen molar-refractivity contribution < 1.29 is 0 Å². The van der Waals surface area contributed by atoms with Crippen molar-refractivity contribution in [1.29, 1.82) is 0 Å². The third-order valence-corrected chi connectivity index (χ3v) is 3.36. The van der Waals surface area contributed by atoms with Gasteiger partial charge in [-0.15, -0.1) is 0 Å². The lowest BCUT2D eigenvalue weighted by Crippen LogP contribution is -1.89. The summed E-state index contributed by atoms with van der Waals surface area (Å²) in [6.45, 7) is 0. The van der Waals surface area contributed by atoms with Gasteiger partial charge in [-0.1, -0.05) is 29.8 Å². The van der Waals surface area contributed by atoms with Crippen LogP contribution in [0.3, 0.4) is 0 Å². The van der Waals surface area contributed by atoms with E-state index >= 15 is 0 Å². The molecule has 0 spiro atoms. The third kappa shape index (κ3) is 1.72. The molecule has 0 aliphatic heterocycles. The first kappa shape index (κ1) is 9.86. The Labute approximate surface area is 100 Å². The van der Waals surface area contributed by atoms with Gasteiger partial charge in [0.25, 0.3) is 0 Å². The molecule has 1 fully saturated rings. The van der Waals surface area contributed by atoms with E-state index in [4.69, 9.17) is 11.6 Å². The van der Waals surface area contributed by atoms with E-state index < -0.39 is 0 Å². The molecule has 80 valence electrons. The standard InChI is InChI=1S/C14H12ClN/c15-14-4-2-1-3-12(14)11-7-8-16-9-13(11)10-5-6-10/h1-4,7-10H,5-6H2. The van der Waals surface area contributed by atoms with Crippen LogP contribution in [0.25, 0.3) is 11.1 Å². The Morgan fingerprint density at radius 2 is 1.88 bits per heavy atom. The minimum absolute atomic E-state index is 0.694. The zero-order valence-corrected chi connectivity index (χ0v) is 9.61. The van der Waals surface area contributed by atoms with E-state index in [1.165, 1.54) is 24.0 Å². The summed E-state index contributed by atoms with van der Waals surface area (Å²) in [4.78, 5) is 4.22. The molecule has 2 heteroatoms. The number of hydrogen-bond acceptors (Lipinski definition) is 1. The van der Waals surface area contributed by atoms with Crippen LogP contribution in [0.1, 0.15) is 24.3 Å². The van der Waals surface area contributed by atoms with Crippen molar-refractivity contribution in [3.8, 4) is 11.1 Å². The quantitative estimate of drug-likeness (QED) is 0.749. The van der Waals surface area contributed by atoms with Crippen LogP contribution in [0.2, 0.25) is 5.02 Å². The Balaban J connectivity index is 2.15. The highest BCUT2D eigenvalue weighted by molar-refractivity contribution is 6.33. The zero-order valence-electron chi connectivity index (χ0n) is 8.86. The van der Waals surface area contributed by atoms with Gasteiger partial charge in [0, 0.05) is 23.0 Å². The molecule has 0 amide bonds. The highest BCUT2D eigenvalue weighted by Crippen LogP contribution is 2.44. The van der Waals surface area contributed by atoms with E-state index in [1.54, 1.807) is 0 Å². The lowest BCUT2D eigenvalue weighted by atomic mass is 9.99. The molecule has 0 unspecified atom stereocenters. The molecule has 2 aromatic rings. The molecule has 16 heavy (non-hydrogen) atoms. The molecule has 1 aliphatic rings. The van der Waals surface area contributed by atoms with Gasteiger partial charge in [-0.2, -0.15) is 0 Å². The van der Waals surface area contributed by atoms with Crippen molar-refractivity contribution in [2.75, 3.05) is 0 Å². The molecule has 0 atom stereocenters. The maximum Gasteiger partial charge on any atom is 0.0484 e. The molecule has 1 aromatic heterocycles. The van der Waals surface area contributed by atoms with Gasteiger partial charge in [0.15, 0.2) is 0 Å². The fourth-order valence-corrected chi connectivity index (χ4v) is 2.29. The van der Waals surface area contributed by atoms with Crippen LogP contribution in [0.15, 0.2) is 42.7 Å². The van der Waals surface area contributed by atoms with E-state index in [2.05, 4.69) is 17.1 Å². The van der Waals surface area contributed by atoms with Crippen molar-refractivity contribution in [3.63, 3.8) is 0 Å². The second kappa shape index (κ2) is 3.91. The van der Waals surface area contributed by atoms with Crippen LogP contribution < -0.4 is 0 Å². The topological polar surface area (TPSA) is 12.9 Å². The summed E-state index contributed by atoms with van der Waals surface area (Å²) in [5, 5.41) is 0.815. The number of pyridine rings is 1. The second-order valence-electron chi connectivity index (χ2n) is 4.22. The molecule has 1 nitrogen and oxygen atoms in total. The zero-order chi connectivity index (χ0) is 11.0. The smallest absolute Gasteiger partial charge is 0.0484 e. The Morgan fingerprint density at radius 1 is 1.06 bits per heavy atom. The molecule has 1 aliphatic carbocycles. The molecule has 0 saturated heterocycles. The summed E-state index contributed by atoms with van der Waals surface area (Å²) < 4.78 is 0. The predicted octanol–water partition coefficient (Wildman–Crippen LogP) is 4.28. The second-order valence-corrected chi connectivity index (χ2v) is 4.62. The minimum Gasteiger partial charge on any atom is -0.264 e. The normalized spacial score (nSPS) is 15.1. The fraction of sp³-hybridized carbons (Fsp3) is 0.214. The molecule has 0 radical (unpaired) electrons. The van der Waals surface area contributed by atoms with Crippen LogP contribution in [0, 0.1) is 0 Å². The van der Waals surface area contributed by atoms with Gasteiger partial charge in [0.1, 0.15) is 0 Å². The molecule has 1 saturated carbocycles. The molecular formula is C14H12ClN. The SMILES string of the molecule is Clc1ccccc1-c1ccncc1C1CC1. The van der Waals surface area contributed by atoms with Crippen LogP contribution in [-0.2, 0) is 0 Å². The number of halogens is 1. The largest absolute Gasteiger partial charge is 0.264 e. The van der Waals surface area contributed by atoms with Gasteiger partial charge in [0.05, 0.1) is 0 Å². The lowest BCUT2D eigenvalue weighted by Gasteiger charge is -2.09. The number of rotatable bonds is 2. The first-order chi connectivity index (χ1) is 7.86. The average Bonchev–Trinajstić information content (AvgIpc) is 3.14. The van der Waals surface area contributed by atoms with E-state index in [-0.39, 0.29) is 0 Å². The van der Waals surface area contributed by atoms with Crippen molar-refractivity contribution in [1.82, 2.24) is 4.98 Å². The summed E-state index contributed by atoms with van der Waals surface area (Å²) >= 11 is 6.24. The maximum absolute atomic E-state index is 6.24. The van der Waals surface area contributed by atoms with Crippen LogP contribution >= 0.6 is 11.6 Å². The molecule has 0 N–H and O–H groups in total. The van der Waals surface area contributed by atoms with Gasteiger partial charge < -0.3 is 0 Å². The van der Waals surface area contributed by atoms with Gasteiger partial charge in [-0.25, -0.2) is 0 Å². The van der Waals surface area contributed by atoms with Gasteiger partial charge in [-0.3, -0.25) is 4.98 Å². The molecule has 1 heterocycles. The molecule has 3 rings (SSSR count). The van der Waals surface area contributed by atoms with Crippen LogP contribution in [0.5, 0.6) is 0 Å². The van der Waals surface area contributed by atoms with E-state index in [1.807, 2.05) is 30.6 Å². The van der Waals surface area contributed by atoms with Gasteiger partial charge in [0.2, 0.25) is 0 Å². The van der Waals surface area contributed by atoms with Crippen molar-refractivity contribution >= 4 is 11.6 Å². The lowest BCUT2D eigenvalue weighted by molar-refractivity contribution is 1.10. The first-order valence-electron chi connectivity index (χ1n) is 5.55. The van der Waals surface area contributed by atoms with Crippen molar-refractivity contribution in [3.05, 3.63) is 53.3 Å². The van der Waals surface area contributed by atoms with E-state index in [9.17, 15) is 0 Å². The maximum atomic E-state index is 6.24. The Morgan fingerprint density at radius 3 is 2.62 bits per heavy atom. The highest BCUT2D eigenvalue weighted by atomic mass is 35.5. The fourth-order valence-electron chi connectivity index (χ4n) is 2.05. The minimum atomic E-state index is 0.694. The van der Waals surface area contributed by atoms with Crippen LogP contribution in [0.4, 0.5) is 0 Å². The first-order valence-corrected chi connectivity index (χ1v) is 5.93. The summed E-state index contributed by atoms with van der Waals surface area (Å²) in [7, 11) is 0. The molecule has 0 bridgehead atoms. The van der Waals surface area contributed by atoms with Crippen LogP contribution in [-0.4, -0.2) is 4.98 Å². The molecular weight excluding hydrogens is 218 g/mol. The summed E-state index contributed by atoms with van der Waals surface area (Å²) in [5.74, 6) is 0.694. The number of benzene rings is 1. The van der Waals surface area contributed by atoms with Crippen molar-refractivity contribution in [2.45, 2.75) is 18.8 Å². The highest BCUT2D eigenvalue weighted by Gasteiger charge is 2.26. The van der Waals surface area contributed by atoms with Gasteiger partial charge in [-0.05, 0) is 42.0 Å². The monoisotopic (exact) mass is 229 g/mol. The Kier molecular flexibility index (Phi) is 2.41. The summed E-state index contributed by atoms with van der Waals surface area (Å²) in [6.07, 6.45) is 6.38.